The summed E-state index contributed by atoms with van der Waals surface area (Å²) in [5.74, 6) is -0.692. The van der Waals surface area contributed by atoms with Gasteiger partial charge in [-0.05, 0) is 75.7 Å². The van der Waals surface area contributed by atoms with E-state index < -0.39 is 40.0 Å². The highest BCUT2D eigenvalue weighted by Gasteiger charge is 2.33. The molecule has 1 N–H and O–H groups in total. The predicted molar refractivity (Wildman–Crippen MR) is 163 cm³/mol. The Morgan fingerprint density at radius 1 is 0.927 bits per heavy atom. The number of anilines is 1. The first-order valence-corrected chi connectivity index (χ1v) is 15.2. The van der Waals surface area contributed by atoms with Crippen LogP contribution in [0.25, 0.3) is 0 Å². The van der Waals surface area contributed by atoms with Crippen molar-refractivity contribution < 1.29 is 22.7 Å². The maximum atomic E-state index is 14.0. The first-order valence-electron chi connectivity index (χ1n) is 12.6. The van der Waals surface area contributed by atoms with Crippen LogP contribution in [-0.4, -0.2) is 50.4 Å². The average Bonchev–Trinajstić information content (AvgIpc) is 2.91. The maximum absolute atomic E-state index is 14.0. The van der Waals surface area contributed by atoms with E-state index in [1.54, 1.807) is 43.3 Å². The van der Waals surface area contributed by atoms with Gasteiger partial charge in [-0.3, -0.25) is 13.9 Å². The molecule has 3 aromatic carbocycles. The molecule has 0 fully saturated rings. The van der Waals surface area contributed by atoms with Gasteiger partial charge in [-0.15, -0.1) is 0 Å². The number of carbonyl (C=O) groups excluding carboxylic acids is 2. The molecule has 0 aliphatic rings. The molecule has 0 unspecified atom stereocenters. The second-order valence-corrected chi connectivity index (χ2v) is 13.4. The average molecular weight is 641 g/mol. The van der Waals surface area contributed by atoms with E-state index in [9.17, 15) is 18.0 Å². The van der Waals surface area contributed by atoms with Gasteiger partial charge in [0, 0.05) is 12.1 Å². The molecule has 0 aliphatic carbocycles. The minimum absolute atomic E-state index is 0.0192. The van der Waals surface area contributed by atoms with Crippen LogP contribution < -0.4 is 14.4 Å². The minimum atomic E-state index is -4.23. The van der Waals surface area contributed by atoms with E-state index in [0.717, 1.165) is 4.31 Å². The van der Waals surface area contributed by atoms with Crippen molar-refractivity contribution in [3.8, 4) is 5.75 Å². The Bertz CT molecular complexity index is 1510. The second-order valence-electron chi connectivity index (χ2n) is 10.3. The zero-order chi connectivity index (χ0) is 30.5. The summed E-state index contributed by atoms with van der Waals surface area (Å²) < 4.78 is 33.9. The summed E-state index contributed by atoms with van der Waals surface area (Å²) in [4.78, 5) is 28.5. The van der Waals surface area contributed by atoms with Gasteiger partial charge in [-0.25, -0.2) is 8.42 Å². The number of hydrogen-bond acceptors (Lipinski definition) is 5. The number of amides is 2. The van der Waals surface area contributed by atoms with Crippen molar-refractivity contribution in [1.29, 1.82) is 0 Å². The molecular weight excluding hydrogens is 609 g/mol. The molecule has 1 atom stereocenters. The summed E-state index contributed by atoms with van der Waals surface area (Å²) in [6, 6.07) is 16.1. The molecule has 220 valence electrons. The summed E-state index contributed by atoms with van der Waals surface area (Å²) in [6.45, 7) is 6.40. The van der Waals surface area contributed by atoms with Crippen LogP contribution in [0, 0.1) is 0 Å². The third kappa shape index (κ3) is 8.29. The Morgan fingerprint density at radius 2 is 1.59 bits per heavy atom. The Kier molecular flexibility index (Phi) is 10.6. The Labute approximate surface area is 256 Å². The number of ether oxygens (including phenoxy) is 1. The van der Waals surface area contributed by atoms with Crippen LogP contribution in [0.5, 0.6) is 5.75 Å². The molecule has 0 heterocycles. The lowest BCUT2D eigenvalue weighted by molar-refractivity contribution is -0.140. The van der Waals surface area contributed by atoms with E-state index in [2.05, 4.69) is 5.32 Å². The van der Waals surface area contributed by atoms with Gasteiger partial charge >= 0.3 is 0 Å². The quantitative estimate of drug-likeness (QED) is 0.286. The summed E-state index contributed by atoms with van der Waals surface area (Å²) in [5, 5.41) is 3.66. The van der Waals surface area contributed by atoms with Crippen molar-refractivity contribution in [2.24, 2.45) is 0 Å². The molecule has 8 nitrogen and oxygen atoms in total. The summed E-state index contributed by atoms with van der Waals surface area (Å²) >= 11 is 18.6. The molecule has 0 bridgehead atoms. The monoisotopic (exact) mass is 639 g/mol. The number of methoxy groups -OCH3 is 1. The molecular formula is C29H32Cl3N3O5S. The third-order valence-corrected chi connectivity index (χ3v) is 8.86. The fraction of sp³-hybridized carbons (Fsp3) is 0.310. The molecule has 12 heteroatoms. The second kappa shape index (κ2) is 13.3. The highest BCUT2D eigenvalue weighted by atomic mass is 35.5. The van der Waals surface area contributed by atoms with Crippen LogP contribution in [0.1, 0.15) is 33.3 Å². The van der Waals surface area contributed by atoms with Crippen molar-refractivity contribution in [3.63, 3.8) is 0 Å². The Balaban J connectivity index is 2.08. The van der Waals surface area contributed by atoms with E-state index in [0.29, 0.717) is 16.3 Å². The van der Waals surface area contributed by atoms with E-state index in [4.69, 9.17) is 39.5 Å². The van der Waals surface area contributed by atoms with Gasteiger partial charge in [0.1, 0.15) is 18.3 Å². The molecule has 3 aromatic rings. The van der Waals surface area contributed by atoms with Crippen molar-refractivity contribution in [1.82, 2.24) is 10.2 Å². The van der Waals surface area contributed by atoms with Crippen molar-refractivity contribution in [2.75, 3.05) is 18.0 Å². The molecule has 0 aliphatic heterocycles. The SMILES string of the molecule is COc1ccc(N(CC(=O)N(Cc2ccc(Cl)c(Cl)c2)[C@@H](C)C(=O)NC(C)(C)C)S(=O)(=O)c2ccccc2)cc1Cl. The molecule has 0 radical (unpaired) electrons. The third-order valence-electron chi connectivity index (χ3n) is 6.04. The maximum Gasteiger partial charge on any atom is 0.264 e. The van der Waals surface area contributed by atoms with Crippen molar-refractivity contribution >= 4 is 62.3 Å². The van der Waals surface area contributed by atoms with Gasteiger partial charge < -0.3 is 15.0 Å². The topological polar surface area (TPSA) is 96.0 Å². The van der Waals surface area contributed by atoms with Crippen LogP contribution in [0.3, 0.4) is 0 Å². The summed E-state index contributed by atoms with van der Waals surface area (Å²) in [5.41, 5.74) is 0.189. The van der Waals surface area contributed by atoms with E-state index in [-0.39, 0.29) is 27.2 Å². The van der Waals surface area contributed by atoms with Crippen LogP contribution >= 0.6 is 34.8 Å². The molecule has 41 heavy (non-hydrogen) atoms. The Morgan fingerprint density at radius 3 is 2.15 bits per heavy atom. The first kappa shape index (κ1) is 32.5. The number of halogens is 3. The number of sulfonamides is 1. The number of nitrogens with zero attached hydrogens (tertiary/aromatic N) is 2. The molecule has 2 amide bonds. The van der Waals surface area contributed by atoms with Gasteiger partial charge in [-0.2, -0.15) is 0 Å². The van der Waals surface area contributed by atoms with Crippen LogP contribution in [0.15, 0.2) is 71.6 Å². The molecule has 0 aromatic heterocycles. The number of carbonyl (C=O) groups is 2. The zero-order valence-electron chi connectivity index (χ0n) is 23.3. The smallest absolute Gasteiger partial charge is 0.264 e. The zero-order valence-corrected chi connectivity index (χ0v) is 26.4. The predicted octanol–water partition coefficient (Wildman–Crippen LogP) is 6.18. The van der Waals surface area contributed by atoms with Gasteiger partial charge in [0.05, 0.1) is 32.8 Å². The lowest BCUT2D eigenvalue weighted by atomic mass is 10.1. The number of nitrogens with one attached hydrogen (secondary N) is 1. The largest absolute Gasteiger partial charge is 0.495 e. The van der Waals surface area contributed by atoms with Crippen LogP contribution in [0.2, 0.25) is 15.1 Å². The van der Waals surface area contributed by atoms with E-state index in [1.165, 1.54) is 42.3 Å². The summed E-state index contributed by atoms with van der Waals surface area (Å²) in [7, 11) is -2.79. The van der Waals surface area contributed by atoms with Crippen LogP contribution in [-0.2, 0) is 26.2 Å². The highest BCUT2D eigenvalue weighted by molar-refractivity contribution is 7.92. The normalized spacial score (nSPS) is 12.4. The number of benzene rings is 3. The highest BCUT2D eigenvalue weighted by Crippen LogP contribution is 2.32. The van der Waals surface area contributed by atoms with Crippen molar-refractivity contribution in [3.05, 3.63) is 87.4 Å². The van der Waals surface area contributed by atoms with Gasteiger partial charge in [0.15, 0.2) is 0 Å². The number of hydrogen-bond donors (Lipinski definition) is 1. The fourth-order valence-electron chi connectivity index (χ4n) is 3.95. The van der Waals surface area contributed by atoms with E-state index >= 15 is 0 Å². The lowest BCUT2D eigenvalue weighted by Crippen LogP contribution is -2.54. The summed E-state index contributed by atoms with van der Waals surface area (Å²) in [6.07, 6.45) is 0. The van der Waals surface area contributed by atoms with Crippen molar-refractivity contribution in [2.45, 2.75) is 50.7 Å². The van der Waals surface area contributed by atoms with Gasteiger partial charge in [0.2, 0.25) is 11.8 Å². The Hall–Kier alpha value is -2.98. The lowest BCUT2D eigenvalue weighted by Gasteiger charge is -2.33. The molecule has 0 saturated carbocycles. The first-order chi connectivity index (χ1) is 19.1. The van der Waals surface area contributed by atoms with Gasteiger partial charge in [0.25, 0.3) is 10.0 Å². The number of rotatable bonds is 10. The van der Waals surface area contributed by atoms with E-state index in [1.807, 2.05) is 20.8 Å². The molecule has 0 spiro atoms. The standard InChI is InChI=1S/C29H32Cl3N3O5S/c1-19(28(37)33-29(2,3)4)34(17-20-11-13-23(30)24(31)15-20)27(36)18-35(21-12-14-26(40-5)25(32)16-21)41(38,39)22-9-7-6-8-10-22/h6-16,19H,17-18H2,1-5H3,(H,33,37)/t19-/m0/s1. The fourth-order valence-corrected chi connectivity index (χ4v) is 5.95. The molecule has 3 rings (SSSR count). The van der Waals surface area contributed by atoms with Gasteiger partial charge in [-0.1, -0.05) is 59.1 Å². The molecule has 0 saturated heterocycles. The minimum Gasteiger partial charge on any atom is -0.495 e. The van der Waals surface area contributed by atoms with Crippen LogP contribution in [0.4, 0.5) is 5.69 Å².